The maximum Gasteiger partial charge on any atom is 2.00 e. The molecule has 0 heterocycles. The van der Waals surface area contributed by atoms with Crippen molar-refractivity contribution in [2.45, 2.75) is 12.8 Å². The molecule has 0 saturated heterocycles. The van der Waals surface area contributed by atoms with Crippen molar-refractivity contribution in [3.8, 4) is 0 Å². The summed E-state index contributed by atoms with van der Waals surface area (Å²) in [7, 11) is 0. The molecule has 0 N–H and O–H groups in total. The molecule has 0 aliphatic rings. The van der Waals surface area contributed by atoms with E-state index in [1.54, 1.807) is 0 Å². The van der Waals surface area contributed by atoms with E-state index in [-0.39, 0.29) is 27.7 Å². The molecule has 46 valence electrons. The van der Waals surface area contributed by atoms with Gasteiger partial charge < -0.3 is 19.8 Å². The normalized spacial score (nSPS) is 7.56. The van der Waals surface area contributed by atoms with Crippen LogP contribution in [0.1, 0.15) is 12.8 Å². The molecule has 0 aromatic heterocycles. The molecular formula is C4H4HgO4. The van der Waals surface area contributed by atoms with Gasteiger partial charge in [-0.3, -0.25) is 0 Å². The fourth-order valence-electron chi connectivity index (χ4n) is 0.204. The maximum absolute atomic E-state index is 9.50. The zero-order valence-electron chi connectivity index (χ0n) is 4.75. The molecule has 0 atom stereocenters. The third kappa shape index (κ3) is 11.4. The van der Waals surface area contributed by atoms with Crippen LogP contribution in [0, 0.1) is 0 Å². The SMILES string of the molecule is O=C([O-])CCC(=O)[O-].[Hg+2]. The van der Waals surface area contributed by atoms with Gasteiger partial charge in [-0.1, -0.05) is 0 Å². The molecular weight excluding hydrogens is 313 g/mol. The first-order valence-electron chi connectivity index (χ1n) is 2.02. The molecule has 0 amide bonds. The number of rotatable bonds is 3. The molecule has 0 spiro atoms. The van der Waals surface area contributed by atoms with Gasteiger partial charge >= 0.3 is 27.7 Å². The van der Waals surface area contributed by atoms with Gasteiger partial charge in [-0.25, -0.2) is 0 Å². The van der Waals surface area contributed by atoms with Crippen molar-refractivity contribution in [2.24, 2.45) is 0 Å². The van der Waals surface area contributed by atoms with Crippen molar-refractivity contribution in [1.29, 1.82) is 0 Å². The van der Waals surface area contributed by atoms with Crippen molar-refractivity contribution in [1.82, 2.24) is 0 Å². The molecule has 0 radical (unpaired) electrons. The Hall–Kier alpha value is -0.125. The third-order valence-corrected chi connectivity index (χ3v) is 0.533. The van der Waals surface area contributed by atoms with E-state index in [0.29, 0.717) is 0 Å². The minimum Gasteiger partial charge on any atom is -0.550 e. The van der Waals surface area contributed by atoms with E-state index in [9.17, 15) is 19.8 Å². The number of aliphatic carboxylic acids is 2. The molecule has 0 aliphatic carbocycles. The zero-order chi connectivity index (χ0) is 6.57. The Morgan fingerprint density at radius 2 is 1.22 bits per heavy atom. The predicted molar refractivity (Wildman–Crippen MR) is 19.2 cm³/mol. The van der Waals surface area contributed by atoms with E-state index in [1.807, 2.05) is 0 Å². The molecule has 0 rings (SSSR count). The van der Waals surface area contributed by atoms with Crippen LogP contribution in [0.4, 0.5) is 0 Å². The summed E-state index contributed by atoms with van der Waals surface area (Å²) < 4.78 is 0. The molecule has 0 saturated carbocycles. The van der Waals surface area contributed by atoms with Crippen LogP contribution in [0.15, 0.2) is 0 Å². The van der Waals surface area contributed by atoms with Crippen LogP contribution >= 0.6 is 0 Å². The smallest absolute Gasteiger partial charge is 0.550 e. The van der Waals surface area contributed by atoms with Gasteiger partial charge in [-0.2, -0.15) is 0 Å². The van der Waals surface area contributed by atoms with E-state index >= 15 is 0 Å². The molecule has 0 unspecified atom stereocenters. The largest absolute Gasteiger partial charge is 2.00 e. The first-order chi connectivity index (χ1) is 3.63. The van der Waals surface area contributed by atoms with Gasteiger partial charge in [0.05, 0.1) is 0 Å². The predicted octanol–water partition coefficient (Wildman–Crippen LogP) is -2.74. The van der Waals surface area contributed by atoms with Crippen molar-refractivity contribution in [2.75, 3.05) is 0 Å². The Morgan fingerprint density at radius 3 is 1.33 bits per heavy atom. The van der Waals surface area contributed by atoms with Crippen molar-refractivity contribution >= 4 is 11.9 Å². The van der Waals surface area contributed by atoms with Gasteiger partial charge in [0.1, 0.15) is 0 Å². The van der Waals surface area contributed by atoms with E-state index in [0.717, 1.165) is 0 Å². The van der Waals surface area contributed by atoms with Crippen molar-refractivity contribution < 1.29 is 47.5 Å². The van der Waals surface area contributed by atoms with Crippen LogP contribution in [-0.4, -0.2) is 11.9 Å². The van der Waals surface area contributed by atoms with Crippen LogP contribution in [0.25, 0.3) is 0 Å². The van der Waals surface area contributed by atoms with Crippen molar-refractivity contribution in [3.63, 3.8) is 0 Å². The molecule has 0 aromatic carbocycles. The Kier molecular flexibility index (Phi) is 7.77. The standard InChI is InChI=1S/C4H6O4.Hg/c5-3(6)1-2-4(7)8;/h1-2H2,(H,5,6)(H,7,8);/q;+2/p-2. The second-order valence-corrected chi connectivity index (χ2v) is 1.24. The van der Waals surface area contributed by atoms with Gasteiger partial charge in [0.15, 0.2) is 0 Å². The van der Waals surface area contributed by atoms with Crippen LogP contribution in [0.2, 0.25) is 0 Å². The molecule has 0 fully saturated rings. The summed E-state index contributed by atoms with van der Waals surface area (Å²) in [6.07, 6.45) is -0.940. The van der Waals surface area contributed by atoms with Crippen LogP contribution in [0.3, 0.4) is 0 Å². The fraction of sp³-hybridized carbons (Fsp3) is 0.500. The summed E-state index contributed by atoms with van der Waals surface area (Å²) >= 11 is 0. The Labute approximate surface area is 72.4 Å². The minimum atomic E-state index is -1.37. The minimum absolute atomic E-state index is 0. The van der Waals surface area contributed by atoms with Crippen LogP contribution in [-0.2, 0) is 37.3 Å². The van der Waals surface area contributed by atoms with Crippen LogP contribution < -0.4 is 10.2 Å². The average molecular weight is 317 g/mol. The Morgan fingerprint density at radius 1 is 1.00 bits per heavy atom. The number of hydrogen-bond acceptors (Lipinski definition) is 4. The maximum atomic E-state index is 9.50. The summed E-state index contributed by atoms with van der Waals surface area (Å²) in [6, 6.07) is 0. The third-order valence-electron chi connectivity index (χ3n) is 0.533. The summed E-state index contributed by atoms with van der Waals surface area (Å²) in [5, 5.41) is 19.0. The number of carbonyl (C=O) groups excluding carboxylic acids is 2. The average Bonchev–Trinajstić information content (AvgIpc) is 1.61. The number of carboxylic acid groups (broad SMARTS) is 2. The summed E-state index contributed by atoms with van der Waals surface area (Å²) in [5.41, 5.74) is 0. The molecule has 0 bridgehead atoms. The van der Waals surface area contributed by atoms with Gasteiger partial charge in [0, 0.05) is 11.9 Å². The second kappa shape index (κ2) is 6.00. The van der Waals surface area contributed by atoms with Gasteiger partial charge in [-0.05, 0) is 12.8 Å². The molecule has 0 aromatic rings. The summed E-state index contributed by atoms with van der Waals surface area (Å²) in [6.45, 7) is 0. The second-order valence-electron chi connectivity index (χ2n) is 1.24. The zero-order valence-corrected chi connectivity index (χ0v) is 10.3. The summed E-state index contributed by atoms with van der Waals surface area (Å²) in [4.78, 5) is 19.0. The molecule has 4 nitrogen and oxygen atoms in total. The fourth-order valence-corrected chi connectivity index (χ4v) is 0.204. The molecule has 5 heteroatoms. The number of hydrogen-bond donors (Lipinski definition) is 0. The van der Waals surface area contributed by atoms with Crippen LogP contribution in [0.5, 0.6) is 0 Å². The van der Waals surface area contributed by atoms with Crippen molar-refractivity contribution in [3.05, 3.63) is 0 Å². The van der Waals surface area contributed by atoms with E-state index in [1.165, 1.54) is 0 Å². The monoisotopic (exact) mass is 318 g/mol. The Bertz CT molecular complexity index is 97.1. The number of carboxylic acids is 2. The Balaban J connectivity index is 0. The molecule has 9 heavy (non-hydrogen) atoms. The first kappa shape index (κ1) is 11.6. The topological polar surface area (TPSA) is 80.3 Å². The van der Waals surface area contributed by atoms with E-state index in [4.69, 9.17) is 0 Å². The van der Waals surface area contributed by atoms with Gasteiger partial charge in [0.2, 0.25) is 0 Å². The quantitative estimate of drug-likeness (QED) is 0.529. The van der Waals surface area contributed by atoms with E-state index in [2.05, 4.69) is 0 Å². The van der Waals surface area contributed by atoms with E-state index < -0.39 is 24.8 Å². The summed E-state index contributed by atoms with van der Waals surface area (Å²) in [5.74, 6) is -2.73. The molecule has 0 aliphatic heterocycles. The van der Waals surface area contributed by atoms with Gasteiger partial charge in [0.25, 0.3) is 0 Å². The number of carbonyl (C=O) groups is 2. The first-order valence-corrected chi connectivity index (χ1v) is 2.02. The van der Waals surface area contributed by atoms with Gasteiger partial charge in [-0.15, -0.1) is 0 Å².